The molecule has 1 aliphatic rings. The van der Waals surface area contributed by atoms with E-state index in [2.05, 4.69) is 16.9 Å². The van der Waals surface area contributed by atoms with Crippen molar-refractivity contribution in [1.29, 1.82) is 0 Å². The molecule has 0 aliphatic carbocycles. The third kappa shape index (κ3) is 2.13. The van der Waals surface area contributed by atoms with Gasteiger partial charge in [0, 0.05) is 37.6 Å². The van der Waals surface area contributed by atoms with Crippen molar-refractivity contribution in [3.05, 3.63) is 18.5 Å². The van der Waals surface area contributed by atoms with E-state index in [-0.39, 0.29) is 0 Å². The summed E-state index contributed by atoms with van der Waals surface area (Å²) in [6.07, 6.45) is 4.96. The minimum atomic E-state index is 0.370. The van der Waals surface area contributed by atoms with Crippen molar-refractivity contribution < 1.29 is 0 Å². The first-order chi connectivity index (χ1) is 6.75. The molecule has 0 radical (unpaired) electrons. The minimum Gasteiger partial charge on any atom is -0.326 e. The molecule has 2 atom stereocenters. The Hall–Kier alpha value is -0.870. The van der Waals surface area contributed by atoms with Crippen molar-refractivity contribution in [2.45, 2.75) is 32.0 Å². The van der Waals surface area contributed by atoms with Crippen molar-refractivity contribution in [3.63, 3.8) is 0 Å². The van der Waals surface area contributed by atoms with Gasteiger partial charge in [0.25, 0.3) is 0 Å². The van der Waals surface area contributed by atoms with Gasteiger partial charge in [-0.2, -0.15) is 5.10 Å². The van der Waals surface area contributed by atoms with Gasteiger partial charge < -0.3 is 5.73 Å². The topological polar surface area (TPSA) is 47.1 Å². The summed E-state index contributed by atoms with van der Waals surface area (Å²) in [5, 5.41) is 4.21. The average Bonchev–Trinajstić information content (AvgIpc) is 2.75. The van der Waals surface area contributed by atoms with Gasteiger partial charge in [-0.15, -0.1) is 0 Å². The summed E-state index contributed by atoms with van der Waals surface area (Å²) in [6.45, 7) is 5.35. The summed E-state index contributed by atoms with van der Waals surface area (Å²) in [5.41, 5.74) is 5.87. The zero-order valence-corrected chi connectivity index (χ0v) is 8.63. The smallest absolute Gasteiger partial charge is 0.0562 e. The number of hydrogen-bond acceptors (Lipinski definition) is 3. The van der Waals surface area contributed by atoms with E-state index in [1.54, 1.807) is 0 Å². The number of likely N-dealkylation sites (tertiary alicyclic amines) is 1. The highest BCUT2D eigenvalue weighted by atomic mass is 15.3. The Balaban J connectivity index is 1.87. The third-order valence-corrected chi connectivity index (χ3v) is 2.89. The van der Waals surface area contributed by atoms with Crippen LogP contribution >= 0.6 is 0 Å². The number of rotatable bonds is 3. The van der Waals surface area contributed by atoms with Gasteiger partial charge in [-0.25, -0.2) is 0 Å². The molecule has 4 heteroatoms. The molecule has 1 aromatic rings. The molecular weight excluding hydrogens is 176 g/mol. The Morgan fingerprint density at radius 1 is 1.64 bits per heavy atom. The summed E-state index contributed by atoms with van der Waals surface area (Å²) in [5.74, 6) is 0. The normalized spacial score (nSPS) is 25.4. The quantitative estimate of drug-likeness (QED) is 0.753. The first-order valence-corrected chi connectivity index (χ1v) is 5.23. The van der Waals surface area contributed by atoms with E-state index in [0.29, 0.717) is 12.1 Å². The lowest BCUT2D eigenvalue weighted by atomic mass is 10.3. The van der Waals surface area contributed by atoms with Crippen LogP contribution in [0.25, 0.3) is 0 Å². The van der Waals surface area contributed by atoms with Crippen LogP contribution in [0.5, 0.6) is 0 Å². The summed E-state index contributed by atoms with van der Waals surface area (Å²) in [6, 6.07) is 2.86. The number of aromatic nitrogens is 2. The largest absolute Gasteiger partial charge is 0.326 e. The van der Waals surface area contributed by atoms with E-state index in [1.807, 2.05) is 23.1 Å². The molecule has 4 nitrogen and oxygen atoms in total. The molecule has 1 fully saturated rings. The van der Waals surface area contributed by atoms with Gasteiger partial charge in [-0.05, 0) is 19.4 Å². The molecule has 14 heavy (non-hydrogen) atoms. The van der Waals surface area contributed by atoms with Gasteiger partial charge in [0.1, 0.15) is 0 Å². The lowest BCUT2D eigenvalue weighted by Gasteiger charge is -2.23. The molecule has 2 heterocycles. The third-order valence-electron chi connectivity index (χ3n) is 2.89. The highest BCUT2D eigenvalue weighted by Gasteiger charge is 2.23. The number of hydrogen-bond donors (Lipinski definition) is 1. The molecular formula is C10H18N4. The Bertz CT molecular complexity index is 270. The lowest BCUT2D eigenvalue weighted by molar-refractivity contribution is 0.227. The maximum atomic E-state index is 5.87. The molecule has 2 rings (SSSR count). The summed E-state index contributed by atoms with van der Waals surface area (Å²) < 4.78 is 1.98. The van der Waals surface area contributed by atoms with Gasteiger partial charge in [-0.3, -0.25) is 9.58 Å². The van der Waals surface area contributed by atoms with Crippen LogP contribution < -0.4 is 5.73 Å². The average molecular weight is 194 g/mol. The van der Waals surface area contributed by atoms with E-state index in [9.17, 15) is 0 Å². The summed E-state index contributed by atoms with van der Waals surface area (Å²) in [7, 11) is 0. The highest BCUT2D eigenvalue weighted by Crippen LogP contribution is 2.11. The Labute approximate surface area is 84.7 Å². The van der Waals surface area contributed by atoms with Crippen molar-refractivity contribution in [1.82, 2.24) is 14.7 Å². The van der Waals surface area contributed by atoms with Gasteiger partial charge in [0.2, 0.25) is 0 Å². The molecule has 1 aliphatic heterocycles. The molecule has 0 saturated carbocycles. The number of nitrogens with zero attached hydrogens (tertiary/aromatic N) is 3. The number of nitrogens with two attached hydrogens (primary N) is 1. The standard InChI is InChI=1S/C10H18N4/c1-9(7-14-5-2-4-12-14)13-6-3-10(11)8-13/h2,4-5,9-10H,3,6-8,11H2,1H3/t9?,10-/m0/s1. The van der Waals surface area contributed by atoms with E-state index in [0.717, 1.165) is 26.1 Å². The van der Waals surface area contributed by atoms with Crippen molar-refractivity contribution in [2.24, 2.45) is 5.73 Å². The predicted octanol–water partition coefficient (Wildman–Crippen LogP) is 0.305. The second-order valence-electron chi connectivity index (χ2n) is 4.12. The van der Waals surface area contributed by atoms with E-state index >= 15 is 0 Å². The van der Waals surface area contributed by atoms with Crippen molar-refractivity contribution >= 4 is 0 Å². The Morgan fingerprint density at radius 3 is 3.07 bits per heavy atom. The predicted molar refractivity (Wildman–Crippen MR) is 55.9 cm³/mol. The first kappa shape index (κ1) is 9.68. The second kappa shape index (κ2) is 4.11. The molecule has 0 spiro atoms. The van der Waals surface area contributed by atoms with E-state index in [4.69, 9.17) is 5.73 Å². The molecule has 0 amide bonds. The van der Waals surface area contributed by atoms with Crippen molar-refractivity contribution in [3.8, 4) is 0 Å². The summed E-state index contributed by atoms with van der Waals surface area (Å²) >= 11 is 0. The zero-order valence-electron chi connectivity index (χ0n) is 8.63. The molecule has 2 N–H and O–H groups in total. The van der Waals surface area contributed by atoms with Crippen LogP contribution in [0.1, 0.15) is 13.3 Å². The zero-order chi connectivity index (χ0) is 9.97. The van der Waals surface area contributed by atoms with Crippen LogP contribution in [-0.2, 0) is 6.54 Å². The van der Waals surface area contributed by atoms with Gasteiger partial charge >= 0.3 is 0 Å². The van der Waals surface area contributed by atoms with Crippen LogP contribution in [0.15, 0.2) is 18.5 Å². The Kier molecular flexibility index (Phi) is 2.84. The highest BCUT2D eigenvalue weighted by molar-refractivity contribution is 4.83. The second-order valence-corrected chi connectivity index (χ2v) is 4.12. The molecule has 1 unspecified atom stereocenters. The SMILES string of the molecule is CC(Cn1cccn1)N1CC[C@H](N)C1. The Morgan fingerprint density at radius 2 is 2.50 bits per heavy atom. The van der Waals surface area contributed by atoms with Crippen LogP contribution in [0, 0.1) is 0 Å². The fraction of sp³-hybridized carbons (Fsp3) is 0.700. The van der Waals surface area contributed by atoms with Gasteiger partial charge in [0.05, 0.1) is 6.54 Å². The van der Waals surface area contributed by atoms with E-state index < -0.39 is 0 Å². The molecule has 0 aromatic carbocycles. The van der Waals surface area contributed by atoms with Crippen molar-refractivity contribution in [2.75, 3.05) is 13.1 Å². The fourth-order valence-electron chi connectivity index (χ4n) is 2.01. The van der Waals surface area contributed by atoms with Crippen LogP contribution in [0.3, 0.4) is 0 Å². The maximum absolute atomic E-state index is 5.87. The lowest BCUT2D eigenvalue weighted by Crippen LogP contribution is -2.36. The molecule has 0 bridgehead atoms. The molecule has 78 valence electrons. The monoisotopic (exact) mass is 194 g/mol. The fourth-order valence-corrected chi connectivity index (χ4v) is 2.01. The van der Waals surface area contributed by atoms with Crippen LogP contribution in [0.2, 0.25) is 0 Å². The van der Waals surface area contributed by atoms with Gasteiger partial charge in [0.15, 0.2) is 0 Å². The molecule has 1 aromatic heterocycles. The van der Waals surface area contributed by atoms with Crippen LogP contribution in [-0.4, -0.2) is 39.9 Å². The minimum absolute atomic E-state index is 0.370. The maximum Gasteiger partial charge on any atom is 0.0562 e. The van der Waals surface area contributed by atoms with Gasteiger partial charge in [-0.1, -0.05) is 0 Å². The molecule has 1 saturated heterocycles. The first-order valence-electron chi connectivity index (χ1n) is 5.23. The van der Waals surface area contributed by atoms with E-state index in [1.165, 1.54) is 0 Å². The summed E-state index contributed by atoms with van der Waals surface area (Å²) in [4.78, 5) is 2.44. The van der Waals surface area contributed by atoms with Crippen LogP contribution in [0.4, 0.5) is 0 Å².